The Hall–Kier alpha value is -1.07. The van der Waals surface area contributed by atoms with E-state index in [0.717, 1.165) is 35.7 Å². The SMILES string of the molecule is O=C1CNC(=O)C2(CCCC2)N1Cc1ccc(Br)cc1Cl. The second kappa shape index (κ2) is 5.61. The van der Waals surface area contributed by atoms with Crippen LogP contribution in [0.4, 0.5) is 0 Å². The van der Waals surface area contributed by atoms with Crippen LogP contribution in [0.5, 0.6) is 0 Å². The number of nitrogens with one attached hydrogen (secondary N) is 1. The molecule has 1 aliphatic heterocycles. The molecule has 21 heavy (non-hydrogen) atoms. The number of hydrogen-bond donors (Lipinski definition) is 1. The third-order valence-corrected chi connectivity index (χ3v) is 5.26. The van der Waals surface area contributed by atoms with E-state index in [9.17, 15) is 9.59 Å². The Bertz CT molecular complexity index is 599. The van der Waals surface area contributed by atoms with Crippen molar-refractivity contribution in [3.63, 3.8) is 0 Å². The molecular formula is C15H16BrClN2O2. The second-order valence-corrected chi connectivity index (χ2v) is 6.96. The topological polar surface area (TPSA) is 49.4 Å². The number of hydrogen-bond acceptors (Lipinski definition) is 2. The van der Waals surface area contributed by atoms with Gasteiger partial charge in [0.25, 0.3) is 0 Å². The molecule has 2 amide bonds. The van der Waals surface area contributed by atoms with Crippen LogP contribution in [0.3, 0.4) is 0 Å². The number of nitrogens with zero attached hydrogens (tertiary/aromatic N) is 1. The first kappa shape index (κ1) is 14.9. The average Bonchev–Trinajstić information content (AvgIpc) is 2.92. The molecule has 1 aromatic carbocycles. The maximum absolute atomic E-state index is 12.4. The molecular weight excluding hydrogens is 356 g/mol. The summed E-state index contributed by atoms with van der Waals surface area (Å²) in [6.07, 6.45) is 3.42. The number of carbonyl (C=O) groups excluding carboxylic acids is 2. The summed E-state index contributed by atoms with van der Waals surface area (Å²) in [5.74, 6) is -0.0525. The van der Waals surface area contributed by atoms with Gasteiger partial charge in [0.15, 0.2) is 0 Å². The van der Waals surface area contributed by atoms with E-state index in [-0.39, 0.29) is 18.4 Å². The molecule has 0 bridgehead atoms. The molecule has 0 radical (unpaired) electrons. The molecule has 1 aliphatic carbocycles. The molecule has 112 valence electrons. The Morgan fingerprint density at radius 2 is 2.00 bits per heavy atom. The number of amides is 2. The highest BCUT2D eigenvalue weighted by molar-refractivity contribution is 9.10. The molecule has 2 fully saturated rings. The van der Waals surface area contributed by atoms with Crippen molar-refractivity contribution >= 4 is 39.3 Å². The monoisotopic (exact) mass is 370 g/mol. The van der Waals surface area contributed by atoms with Crippen LogP contribution in [0, 0.1) is 0 Å². The maximum Gasteiger partial charge on any atom is 0.246 e. The minimum atomic E-state index is -0.675. The third kappa shape index (κ3) is 2.57. The van der Waals surface area contributed by atoms with Crippen molar-refractivity contribution in [3.05, 3.63) is 33.3 Å². The zero-order chi connectivity index (χ0) is 15.0. The van der Waals surface area contributed by atoms with E-state index in [1.165, 1.54) is 0 Å². The molecule has 4 nitrogen and oxygen atoms in total. The normalized spacial score (nSPS) is 21.0. The van der Waals surface area contributed by atoms with E-state index in [1.54, 1.807) is 4.90 Å². The summed E-state index contributed by atoms with van der Waals surface area (Å²) in [6, 6.07) is 5.61. The highest BCUT2D eigenvalue weighted by Gasteiger charge is 2.50. The van der Waals surface area contributed by atoms with Gasteiger partial charge in [0.1, 0.15) is 5.54 Å². The molecule has 1 N–H and O–H groups in total. The van der Waals surface area contributed by atoms with Crippen molar-refractivity contribution in [1.29, 1.82) is 0 Å². The zero-order valence-corrected chi connectivity index (χ0v) is 13.8. The number of rotatable bonds is 2. The average molecular weight is 372 g/mol. The van der Waals surface area contributed by atoms with Crippen molar-refractivity contribution in [2.24, 2.45) is 0 Å². The summed E-state index contributed by atoms with van der Waals surface area (Å²) in [5.41, 5.74) is 0.195. The lowest BCUT2D eigenvalue weighted by Crippen LogP contribution is -2.65. The predicted molar refractivity (Wildman–Crippen MR) is 83.9 cm³/mol. The molecule has 2 aliphatic rings. The molecule has 1 spiro atoms. The van der Waals surface area contributed by atoms with Gasteiger partial charge in [-0.15, -0.1) is 0 Å². The van der Waals surface area contributed by atoms with Crippen LogP contribution in [0.15, 0.2) is 22.7 Å². The molecule has 1 saturated heterocycles. The third-order valence-electron chi connectivity index (χ3n) is 4.41. The van der Waals surface area contributed by atoms with Gasteiger partial charge in [0.05, 0.1) is 6.54 Å². The smallest absolute Gasteiger partial charge is 0.246 e. The van der Waals surface area contributed by atoms with E-state index in [2.05, 4.69) is 21.2 Å². The van der Waals surface area contributed by atoms with Crippen LogP contribution in [-0.4, -0.2) is 28.8 Å². The van der Waals surface area contributed by atoms with E-state index in [4.69, 9.17) is 11.6 Å². The first-order valence-electron chi connectivity index (χ1n) is 7.06. The van der Waals surface area contributed by atoms with Crippen molar-refractivity contribution in [2.45, 2.75) is 37.8 Å². The Balaban J connectivity index is 1.93. The van der Waals surface area contributed by atoms with E-state index >= 15 is 0 Å². The van der Waals surface area contributed by atoms with Gasteiger partial charge in [0, 0.05) is 16.0 Å². The lowest BCUT2D eigenvalue weighted by atomic mass is 9.90. The highest BCUT2D eigenvalue weighted by Crippen LogP contribution is 2.38. The van der Waals surface area contributed by atoms with Gasteiger partial charge >= 0.3 is 0 Å². The minimum absolute atomic E-state index is 0.0205. The highest BCUT2D eigenvalue weighted by atomic mass is 79.9. The van der Waals surface area contributed by atoms with Gasteiger partial charge in [-0.3, -0.25) is 9.59 Å². The Labute approximate surface area is 137 Å². The molecule has 6 heteroatoms. The largest absolute Gasteiger partial charge is 0.345 e. The van der Waals surface area contributed by atoms with Crippen LogP contribution in [0.25, 0.3) is 0 Å². The van der Waals surface area contributed by atoms with Gasteiger partial charge in [-0.2, -0.15) is 0 Å². The number of carbonyl (C=O) groups is 2. The number of halogens is 2. The molecule has 0 aromatic heterocycles. The molecule has 0 unspecified atom stereocenters. The molecule has 1 heterocycles. The molecule has 3 rings (SSSR count). The Morgan fingerprint density at radius 1 is 1.29 bits per heavy atom. The second-order valence-electron chi connectivity index (χ2n) is 5.64. The Kier molecular flexibility index (Phi) is 3.97. The molecule has 0 atom stereocenters. The quantitative estimate of drug-likeness (QED) is 0.869. The zero-order valence-electron chi connectivity index (χ0n) is 11.5. The fourth-order valence-corrected chi connectivity index (χ4v) is 4.03. The van der Waals surface area contributed by atoms with Gasteiger partial charge in [-0.05, 0) is 30.5 Å². The van der Waals surface area contributed by atoms with Gasteiger partial charge in [-0.25, -0.2) is 0 Å². The van der Waals surface area contributed by atoms with Crippen LogP contribution < -0.4 is 5.32 Å². The first-order chi connectivity index (χ1) is 10.0. The standard InChI is InChI=1S/C15H16BrClN2O2/c16-11-4-3-10(12(17)7-11)9-19-13(20)8-18-14(21)15(19)5-1-2-6-15/h3-4,7H,1-2,5-6,8-9H2,(H,18,21). The van der Waals surface area contributed by atoms with Crippen molar-refractivity contribution in [3.8, 4) is 0 Å². The lowest BCUT2D eigenvalue weighted by molar-refractivity contribution is -0.154. The minimum Gasteiger partial charge on any atom is -0.345 e. The number of piperazine rings is 1. The van der Waals surface area contributed by atoms with Gasteiger partial charge < -0.3 is 10.2 Å². The van der Waals surface area contributed by atoms with Crippen LogP contribution in [-0.2, 0) is 16.1 Å². The van der Waals surface area contributed by atoms with E-state index in [0.29, 0.717) is 11.6 Å². The van der Waals surface area contributed by atoms with Crippen molar-refractivity contribution in [2.75, 3.05) is 6.54 Å². The summed E-state index contributed by atoms with van der Waals surface area (Å²) >= 11 is 9.63. The van der Waals surface area contributed by atoms with Crippen LogP contribution in [0.1, 0.15) is 31.2 Å². The molecule has 1 aromatic rings. The predicted octanol–water partition coefficient (Wildman–Crippen LogP) is 2.87. The first-order valence-corrected chi connectivity index (χ1v) is 8.23. The maximum atomic E-state index is 12.4. The van der Waals surface area contributed by atoms with Crippen molar-refractivity contribution in [1.82, 2.24) is 10.2 Å². The van der Waals surface area contributed by atoms with Crippen LogP contribution in [0.2, 0.25) is 5.02 Å². The fraction of sp³-hybridized carbons (Fsp3) is 0.467. The van der Waals surface area contributed by atoms with Gasteiger partial charge in [0.2, 0.25) is 11.8 Å². The van der Waals surface area contributed by atoms with Gasteiger partial charge in [-0.1, -0.05) is 46.4 Å². The van der Waals surface area contributed by atoms with Crippen LogP contribution >= 0.6 is 27.5 Å². The summed E-state index contributed by atoms with van der Waals surface area (Å²) in [4.78, 5) is 26.4. The summed E-state index contributed by atoms with van der Waals surface area (Å²) in [7, 11) is 0. The fourth-order valence-electron chi connectivity index (χ4n) is 3.29. The summed E-state index contributed by atoms with van der Waals surface area (Å²) < 4.78 is 0.898. The van der Waals surface area contributed by atoms with E-state index < -0.39 is 5.54 Å². The summed E-state index contributed by atoms with van der Waals surface area (Å²) in [6.45, 7) is 0.465. The lowest BCUT2D eigenvalue weighted by Gasteiger charge is -2.43. The molecule has 1 saturated carbocycles. The Morgan fingerprint density at radius 3 is 2.67 bits per heavy atom. The van der Waals surface area contributed by atoms with Crippen molar-refractivity contribution < 1.29 is 9.59 Å². The number of benzene rings is 1. The summed E-state index contributed by atoms with van der Waals surface area (Å²) in [5, 5.41) is 3.34. The van der Waals surface area contributed by atoms with E-state index in [1.807, 2.05) is 18.2 Å².